The Morgan fingerprint density at radius 3 is 2.75 bits per heavy atom. The van der Waals surface area contributed by atoms with Crippen molar-refractivity contribution in [2.75, 3.05) is 11.4 Å². The second kappa shape index (κ2) is 6.10. The van der Waals surface area contributed by atoms with E-state index in [2.05, 4.69) is 15.0 Å². The van der Waals surface area contributed by atoms with Gasteiger partial charge in [0.15, 0.2) is 5.69 Å². The minimum atomic E-state index is -1.06. The van der Waals surface area contributed by atoms with Crippen LogP contribution in [0.4, 0.5) is 5.95 Å². The van der Waals surface area contributed by atoms with Gasteiger partial charge in [0.2, 0.25) is 5.95 Å². The van der Waals surface area contributed by atoms with E-state index in [1.54, 1.807) is 0 Å². The number of aromatic nitrogens is 3. The molecule has 1 N–H and O–H groups in total. The molecule has 0 spiro atoms. The zero-order valence-corrected chi connectivity index (χ0v) is 11.4. The summed E-state index contributed by atoms with van der Waals surface area (Å²) in [6.45, 7) is 5.11. The number of rotatable bonds is 5. The van der Waals surface area contributed by atoms with Crippen LogP contribution >= 0.6 is 0 Å². The van der Waals surface area contributed by atoms with Crippen LogP contribution in [0.3, 0.4) is 0 Å². The minimum Gasteiger partial charge on any atom is -0.477 e. The van der Waals surface area contributed by atoms with Gasteiger partial charge >= 0.3 is 5.97 Å². The first-order chi connectivity index (χ1) is 9.60. The molecule has 0 amide bonds. The molecule has 104 valence electrons. The number of aryl methyl sites for hydroxylation is 1. The molecule has 6 nitrogen and oxygen atoms in total. The summed E-state index contributed by atoms with van der Waals surface area (Å²) < 4.78 is 0. The van der Waals surface area contributed by atoms with E-state index >= 15 is 0 Å². The maximum absolute atomic E-state index is 10.9. The van der Waals surface area contributed by atoms with Crippen molar-refractivity contribution < 1.29 is 9.90 Å². The number of hydrogen-bond donors (Lipinski definition) is 1. The molecule has 6 heteroatoms. The van der Waals surface area contributed by atoms with E-state index in [0.717, 1.165) is 11.4 Å². The van der Waals surface area contributed by atoms with Gasteiger partial charge in [-0.3, -0.25) is 4.98 Å². The van der Waals surface area contributed by atoms with Gasteiger partial charge in [0, 0.05) is 18.4 Å². The number of hydrogen-bond acceptors (Lipinski definition) is 5. The zero-order chi connectivity index (χ0) is 14.5. The molecule has 2 heterocycles. The van der Waals surface area contributed by atoms with Crippen LogP contribution < -0.4 is 4.90 Å². The Kier molecular flexibility index (Phi) is 4.24. The lowest BCUT2D eigenvalue weighted by Gasteiger charge is -2.20. The van der Waals surface area contributed by atoms with Crippen LogP contribution in [0, 0.1) is 6.92 Å². The second-order valence-electron chi connectivity index (χ2n) is 4.33. The number of carbonyl (C=O) groups is 1. The molecular weight excluding hydrogens is 256 g/mol. The molecule has 0 aliphatic heterocycles. The molecule has 2 aromatic heterocycles. The first-order valence-corrected chi connectivity index (χ1v) is 6.34. The fraction of sp³-hybridized carbons (Fsp3) is 0.286. The largest absolute Gasteiger partial charge is 0.477 e. The quantitative estimate of drug-likeness (QED) is 0.895. The Hall–Kier alpha value is -2.50. The maximum atomic E-state index is 10.9. The van der Waals surface area contributed by atoms with Crippen LogP contribution in [0.2, 0.25) is 0 Å². The molecule has 2 aromatic rings. The van der Waals surface area contributed by atoms with Gasteiger partial charge in [-0.15, -0.1) is 0 Å². The summed E-state index contributed by atoms with van der Waals surface area (Å²) in [6, 6.07) is 7.18. The van der Waals surface area contributed by atoms with Crippen molar-refractivity contribution in [2.45, 2.75) is 20.4 Å². The molecule has 0 unspecified atom stereocenters. The Labute approximate surface area is 117 Å². The summed E-state index contributed by atoms with van der Waals surface area (Å²) in [4.78, 5) is 25.4. The first kappa shape index (κ1) is 13.9. The molecule has 0 fully saturated rings. The third-order valence-corrected chi connectivity index (χ3v) is 2.83. The average Bonchev–Trinajstić information content (AvgIpc) is 2.45. The second-order valence-corrected chi connectivity index (χ2v) is 4.33. The normalized spacial score (nSPS) is 10.3. The number of nitrogens with zero attached hydrogens (tertiary/aromatic N) is 4. The van der Waals surface area contributed by atoms with E-state index in [0.29, 0.717) is 19.0 Å². The van der Waals surface area contributed by atoms with E-state index in [1.807, 2.05) is 36.9 Å². The highest BCUT2D eigenvalue weighted by atomic mass is 16.4. The lowest BCUT2D eigenvalue weighted by atomic mass is 10.3. The highest BCUT2D eigenvalue weighted by molar-refractivity contribution is 5.85. The Morgan fingerprint density at radius 1 is 1.30 bits per heavy atom. The molecule has 2 rings (SSSR count). The van der Waals surface area contributed by atoms with Crippen molar-refractivity contribution in [3.63, 3.8) is 0 Å². The van der Waals surface area contributed by atoms with E-state index in [-0.39, 0.29) is 5.69 Å². The minimum absolute atomic E-state index is 0.00866. The molecule has 0 bridgehead atoms. The first-order valence-electron chi connectivity index (χ1n) is 6.34. The molecule has 0 radical (unpaired) electrons. The Bertz CT molecular complexity index is 616. The maximum Gasteiger partial charge on any atom is 0.354 e. The summed E-state index contributed by atoms with van der Waals surface area (Å²) in [5, 5.41) is 8.97. The third kappa shape index (κ3) is 3.28. The molecule has 0 aliphatic carbocycles. The van der Waals surface area contributed by atoms with Gasteiger partial charge < -0.3 is 10.0 Å². The summed E-state index contributed by atoms with van der Waals surface area (Å²) in [5.41, 5.74) is 1.83. The van der Waals surface area contributed by atoms with E-state index in [1.165, 1.54) is 12.3 Å². The summed E-state index contributed by atoms with van der Waals surface area (Å²) >= 11 is 0. The lowest BCUT2D eigenvalue weighted by molar-refractivity contribution is 0.0690. The molecule has 0 saturated heterocycles. The van der Waals surface area contributed by atoms with Crippen molar-refractivity contribution in [3.05, 3.63) is 47.5 Å². The van der Waals surface area contributed by atoms with Gasteiger partial charge in [-0.05, 0) is 32.0 Å². The van der Waals surface area contributed by atoms with Crippen LogP contribution in [-0.2, 0) is 6.54 Å². The van der Waals surface area contributed by atoms with Gasteiger partial charge in [-0.2, -0.15) is 0 Å². The van der Waals surface area contributed by atoms with Crippen LogP contribution in [0.5, 0.6) is 0 Å². The molecule has 0 aliphatic rings. The lowest BCUT2D eigenvalue weighted by Crippen LogP contribution is -2.25. The van der Waals surface area contributed by atoms with Crippen molar-refractivity contribution >= 4 is 11.9 Å². The van der Waals surface area contributed by atoms with Crippen molar-refractivity contribution in [3.8, 4) is 0 Å². The smallest absolute Gasteiger partial charge is 0.354 e. The molecule has 20 heavy (non-hydrogen) atoms. The number of carboxylic acids is 1. The third-order valence-electron chi connectivity index (χ3n) is 2.83. The average molecular weight is 272 g/mol. The van der Waals surface area contributed by atoms with Gasteiger partial charge in [0.1, 0.15) is 0 Å². The molecular formula is C14H16N4O2. The predicted molar refractivity (Wildman–Crippen MR) is 74.7 cm³/mol. The molecule has 0 atom stereocenters. The van der Waals surface area contributed by atoms with Crippen molar-refractivity contribution in [1.29, 1.82) is 0 Å². The highest BCUT2D eigenvalue weighted by Crippen LogP contribution is 2.11. The van der Waals surface area contributed by atoms with Crippen LogP contribution in [0.15, 0.2) is 30.5 Å². The van der Waals surface area contributed by atoms with Crippen molar-refractivity contribution in [2.24, 2.45) is 0 Å². The number of carboxylic acid groups (broad SMARTS) is 1. The summed E-state index contributed by atoms with van der Waals surface area (Å²) in [6.07, 6.45) is 1.46. The number of aromatic carboxylic acids is 1. The summed E-state index contributed by atoms with van der Waals surface area (Å²) in [7, 11) is 0. The van der Waals surface area contributed by atoms with Crippen LogP contribution in [0.25, 0.3) is 0 Å². The van der Waals surface area contributed by atoms with Crippen molar-refractivity contribution in [1.82, 2.24) is 15.0 Å². The van der Waals surface area contributed by atoms with E-state index in [9.17, 15) is 4.79 Å². The Morgan fingerprint density at radius 2 is 2.10 bits per heavy atom. The Balaban J connectivity index is 2.24. The van der Waals surface area contributed by atoms with Crippen LogP contribution in [-0.4, -0.2) is 32.6 Å². The van der Waals surface area contributed by atoms with Gasteiger partial charge in [0.25, 0.3) is 0 Å². The standard InChI is InChI=1S/C14H16N4O2/c1-3-18(9-11-6-4-5-10(2)16-11)14-15-8-7-12(17-14)13(19)20/h4-8H,3,9H2,1-2H3,(H,19,20). The fourth-order valence-electron chi connectivity index (χ4n) is 1.83. The molecule has 0 aromatic carbocycles. The topological polar surface area (TPSA) is 79.2 Å². The van der Waals surface area contributed by atoms with Gasteiger partial charge in [0.05, 0.1) is 12.2 Å². The van der Waals surface area contributed by atoms with Crippen LogP contribution in [0.1, 0.15) is 28.8 Å². The number of anilines is 1. The highest BCUT2D eigenvalue weighted by Gasteiger charge is 2.12. The predicted octanol–water partition coefficient (Wildman–Crippen LogP) is 1.90. The molecule has 0 saturated carbocycles. The monoisotopic (exact) mass is 272 g/mol. The van der Waals surface area contributed by atoms with E-state index in [4.69, 9.17) is 5.11 Å². The van der Waals surface area contributed by atoms with Gasteiger partial charge in [-0.25, -0.2) is 14.8 Å². The fourth-order valence-corrected chi connectivity index (χ4v) is 1.83. The summed E-state index contributed by atoms with van der Waals surface area (Å²) in [5.74, 6) is -0.658. The van der Waals surface area contributed by atoms with E-state index < -0.39 is 5.97 Å². The SMILES string of the molecule is CCN(Cc1cccc(C)n1)c1nccc(C(=O)O)n1. The zero-order valence-electron chi connectivity index (χ0n) is 11.4. The van der Waals surface area contributed by atoms with Gasteiger partial charge in [-0.1, -0.05) is 6.07 Å². The number of pyridine rings is 1.